The van der Waals surface area contributed by atoms with Gasteiger partial charge in [0.1, 0.15) is 5.75 Å². The summed E-state index contributed by atoms with van der Waals surface area (Å²) in [7, 11) is 1.51. The van der Waals surface area contributed by atoms with Crippen LogP contribution in [0.15, 0.2) is 18.2 Å². The molecule has 1 aromatic rings. The third kappa shape index (κ3) is 2.85. The first kappa shape index (κ1) is 11.3. The molecule has 82 valence electrons. The summed E-state index contributed by atoms with van der Waals surface area (Å²) in [5.41, 5.74) is 6.50. The van der Waals surface area contributed by atoms with Crippen molar-refractivity contribution in [2.45, 2.75) is 0 Å². The number of hydrogen-bond acceptors (Lipinski definition) is 4. The number of aliphatic hydroxyl groups is 1. The number of aliphatic hydroxyl groups excluding tert-OH is 1. The molecule has 0 aliphatic carbocycles. The number of nitrogens with one attached hydrogen (secondary N) is 1. The second-order valence-corrected chi connectivity index (χ2v) is 2.94. The van der Waals surface area contributed by atoms with Gasteiger partial charge < -0.3 is 20.9 Å². The highest BCUT2D eigenvalue weighted by molar-refractivity contribution is 5.95. The number of carbonyl (C=O) groups excluding carboxylic acids is 1. The molecule has 0 fully saturated rings. The van der Waals surface area contributed by atoms with Crippen molar-refractivity contribution >= 4 is 11.6 Å². The summed E-state index contributed by atoms with van der Waals surface area (Å²) in [6, 6.07) is 4.77. The predicted octanol–water partition coefficient (Wildman–Crippen LogP) is -0.000500. The first-order chi connectivity index (χ1) is 7.19. The van der Waals surface area contributed by atoms with E-state index in [2.05, 4.69) is 5.32 Å². The van der Waals surface area contributed by atoms with Gasteiger partial charge in [-0.1, -0.05) is 0 Å². The molecule has 0 bridgehead atoms. The minimum absolute atomic E-state index is 0.0859. The zero-order valence-electron chi connectivity index (χ0n) is 8.49. The van der Waals surface area contributed by atoms with Crippen LogP contribution in [0.25, 0.3) is 0 Å². The number of rotatable bonds is 4. The maximum atomic E-state index is 11.4. The lowest BCUT2D eigenvalue weighted by Gasteiger charge is -2.07. The summed E-state index contributed by atoms with van der Waals surface area (Å²) < 4.78 is 4.96. The van der Waals surface area contributed by atoms with E-state index in [1.807, 2.05) is 0 Å². The minimum atomic E-state index is -0.265. The summed E-state index contributed by atoms with van der Waals surface area (Å²) in [6.07, 6.45) is 0. The summed E-state index contributed by atoms with van der Waals surface area (Å²) in [5, 5.41) is 11.1. The molecule has 0 spiro atoms. The smallest absolute Gasteiger partial charge is 0.251 e. The fourth-order valence-electron chi connectivity index (χ4n) is 1.15. The fraction of sp³-hybridized carbons (Fsp3) is 0.300. The Balaban J connectivity index is 2.78. The zero-order valence-corrected chi connectivity index (χ0v) is 8.49. The molecule has 4 N–H and O–H groups in total. The third-order valence-corrected chi connectivity index (χ3v) is 1.89. The molecule has 1 rings (SSSR count). The van der Waals surface area contributed by atoms with E-state index in [1.165, 1.54) is 13.2 Å². The predicted molar refractivity (Wildman–Crippen MR) is 56.8 cm³/mol. The molecule has 0 aromatic heterocycles. The normalized spacial score (nSPS) is 9.73. The van der Waals surface area contributed by atoms with Gasteiger partial charge in [0.2, 0.25) is 0 Å². The van der Waals surface area contributed by atoms with Crippen LogP contribution in [-0.4, -0.2) is 31.3 Å². The van der Waals surface area contributed by atoms with Crippen molar-refractivity contribution < 1.29 is 14.6 Å². The Morgan fingerprint density at radius 2 is 2.33 bits per heavy atom. The van der Waals surface area contributed by atoms with Gasteiger partial charge in [-0.05, 0) is 18.2 Å². The maximum Gasteiger partial charge on any atom is 0.251 e. The summed E-state index contributed by atoms with van der Waals surface area (Å²) in [5.74, 6) is 0.270. The third-order valence-electron chi connectivity index (χ3n) is 1.89. The SMILES string of the molecule is COc1ccc(C(=O)NCCO)cc1N. The number of hydrogen-bond donors (Lipinski definition) is 3. The number of amides is 1. The largest absolute Gasteiger partial charge is 0.495 e. The highest BCUT2D eigenvalue weighted by Crippen LogP contribution is 2.21. The lowest BCUT2D eigenvalue weighted by molar-refractivity contribution is 0.0945. The van der Waals surface area contributed by atoms with Crippen LogP contribution in [0.3, 0.4) is 0 Å². The lowest BCUT2D eigenvalue weighted by atomic mass is 10.2. The fourth-order valence-corrected chi connectivity index (χ4v) is 1.15. The van der Waals surface area contributed by atoms with Crippen LogP contribution < -0.4 is 15.8 Å². The van der Waals surface area contributed by atoms with E-state index in [0.29, 0.717) is 17.0 Å². The summed E-state index contributed by atoms with van der Waals surface area (Å²) in [6.45, 7) is 0.141. The van der Waals surface area contributed by atoms with E-state index < -0.39 is 0 Å². The maximum absolute atomic E-state index is 11.4. The molecule has 15 heavy (non-hydrogen) atoms. The number of benzene rings is 1. The first-order valence-electron chi connectivity index (χ1n) is 4.51. The molecule has 1 aromatic carbocycles. The van der Waals surface area contributed by atoms with Crippen molar-refractivity contribution in [2.24, 2.45) is 0 Å². The van der Waals surface area contributed by atoms with Crippen LogP contribution in [0.2, 0.25) is 0 Å². The highest BCUT2D eigenvalue weighted by Gasteiger charge is 2.07. The number of ether oxygens (including phenoxy) is 1. The number of carbonyl (C=O) groups is 1. The minimum Gasteiger partial charge on any atom is -0.495 e. The van der Waals surface area contributed by atoms with Gasteiger partial charge in [0.25, 0.3) is 5.91 Å². The summed E-state index contributed by atoms with van der Waals surface area (Å²) >= 11 is 0. The van der Waals surface area contributed by atoms with E-state index in [4.69, 9.17) is 15.6 Å². The van der Waals surface area contributed by atoms with Gasteiger partial charge in [-0.15, -0.1) is 0 Å². The van der Waals surface area contributed by atoms with Crippen LogP contribution in [-0.2, 0) is 0 Å². The Labute approximate surface area is 87.9 Å². The van der Waals surface area contributed by atoms with Gasteiger partial charge in [0.15, 0.2) is 0 Å². The average Bonchev–Trinajstić information content (AvgIpc) is 2.25. The Hall–Kier alpha value is -1.75. The van der Waals surface area contributed by atoms with Crippen molar-refractivity contribution in [2.75, 3.05) is 26.0 Å². The van der Waals surface area contributed by atoms with Gasteiger partial charge in [-0.2, -0.15) is 0 Å². The van der Waals surface area contributed by atoms with Gasteiger partial charge in [0, 0.05) is 12.1 Å². The standard InChI is InChI=1S/C10H14N2O3/c1-15-9-3-2-7(6-8(9)11)10(14)12-4-5-13/h2-3,6,13H,4-5,11H2,1H3,(H,12,14). The molecule has 1 amide bonds. The molecule has 5 nitrogen and oxygen atoms in total. The van der Waals surface area contributed by atoms with Crippen LogP contribution in [0.1, 0.15) is 10.4 Å². The average molecular weight is 210 g/mol. The van der Waals surface area contributed by atoms with Crippen LogP contribution in [0, 0.1) is 0 Å². The Bertz CT molecular complexity index is 353. The number of nitrogen functional groups attached to an aromatic ring is 1. The summed E-state index contributed by atoms with van der Waals surface area (Å²) in [4.78, 5) is 11.4. The zero-order chi connectivity index (χ0) is 11.3. The van der Waals surface area contributed by atoms with Crippen molar-refractivity contribution in [1.29, 1.82) is 0 Å². The van der Waals surface area contributed by atoms with Gasteiger partial charge in [-0.25, -0.2) is 0 Å². The second-order valence-electron chi connectivity index (χ2n) is 2.94. The molecule has 0 saturated carbocycles. The molecule has 0 heterocycles. The van der Waals surface area contributed by atoms with E-state index in [9.17, 15) is 4.79 Å². The number of nitrogens with two attached hydrogens (primary N) is 1. The van der Waals surface area contributed by atoms with Gasteiger partial charge in [0.05, 0.1) is 19.4 Å². The van der Waals surface area contributed by atoms with Crippen molar-refractivity contribution in [1.82, 2.24) is 5.32 Å². The molecule has 5 heteroatoms. The molecule has 0 radical (unpaired) electrons. The Morgan fingerprint density at radius 1 is 1.60 bits per heavy atom. The van der Waals surface area contributed by atoms with Crippen LogP contribution in [0.5, 0.6) is 5.75 Å². The molecule has 0 aliphatic rings. The van der Waals surface area contributed by atoms with E-state index in [1.54, 1.807) is 12.1 Å². The second kappa shape index (κ2) is 5.21. The first-order valence-corrected chi connectivity index (χ1v) is 4.51. The lowest BCUT2D eigenvalue weighted by Crippen LogP contribution is -2.26. The highest BCUT2D eigenvalue weighted by atomic mass is 16.5. The molecule has 0 atom stereocenters. The Kier molecular flexibility index (Phi) is 3.93. The van der Waals surface area contributed by atoms with Crippen LogP contribution in [0.4, 0.5) is 5.69 Å². The van der Waals surface area contributed by atoms with E-state index >= 15 is 0 Å². The molecular formula is C10H14N2O3. The molecule has 0 saturated heterocycles. The van der Waals surface area contributed by atoms with Crippen molar-refractivity contribution in [3.63, 3.8) is 0 Å². The quantitative estimate of drug-likeness (QED) is 0.611. The van der Waals surface area contributed by atoms with E-state index in [0.717, 1.165) is 0 Å². The topological polar surface area (TPSA) is 84.6 Å². The molecule has 0 aliphatic heterocycles. The van der Waals surface area contributed by atoms with Crippen molar-refractivity contribution in [3.8, 4) is 5.75 Å². The monoisotopic (exact) mass is 210 g/mol. The van der Waals surface area contributed by atoms with Crippen molar-refractivity contribution in [3.05, 3.63) is 23.8 Å². The Morgan fingerprint density at radius 3 is 2.87 bits per heavy atom. The number of anilines is 1. The molecular weight excluding hydrogens is 196 g/mol. The van der Waals surface area contributed by atoms with E-state index in [-0.39, 0.29) is 19.1 Å². The number of methoxy groups -OCH3 is 1. The van der Waals surface area contributed by atoms with Crippen LogP contribution >= 0.6 is 0 Å². The van der Waals surface area contributed by atoms with Gasteiger partial charge >= 0.3 is 0 Å². The molecule has 0 unspecified atom stereocenters. The van der Waals surface area contributed by atoms with Gasteiger partial charge in [-0.3, -0.25) is 4.79 Å².